The van der Waals surface area contributed by atoms with E-state index in [1.165, 1.54) is 22.5 Å². The van der Waals surface area contributed by atoms with E-state index in [2.05, 4.69) is 26.2 Å². The number of rotatable bonds is 6. The molecule has 0 saturated heterocycles. The molecule has 0 atom stereocenters. The zero-order chi connectivity index (χ0) is 18.6. The topological polar surface area (TPSA) is 79.4 Å². The van der Waals surface area contributed by atoms with Gasteiger partial charge in [-0.25, -0.2) is 13.4 Å². The monoisotopic (exact) mass is 445 g/mol. The molecule has 2 rings (SSSR count). The molecule has 0 fully saturated rings. The minimum atomic E-state index is -3.68. The van der Waals surface area contributed by atoms with Crippen LogP contribution in [-0.2, 0) is 10.0 Å². The summed E-state index contributed by atoms with van der Waals surface area (Å²) in [5.41, 5.74) is 0.0691. The third-order valence-corrected chi connectivity index (χ3v) is 6.34. The lowest BCUT2D eigenvalue weighted by molar-refractivity contribution is 0.102. The molecular formula is C16H17BrClN3O3S. The van der Waals surface area contributed by atoms with Gasteiger partial charge in [-0.3, -0.25) is 4.79 Å². The molecule has 2 aromatic rings. The number of benzene rings is 1. The maximum absolute atomic E-state index is 12.6. The van der Waals surface area contributed by atoms with Crippen molar-refractivity contribution in [1.29, 1.82) is 0 Å². The molecule has 1 N–H and O–H groups in total. The van der Waals surface area contributed by atoms with E-state index in [0.717, 1.165) is 4.47 Å². The Labute approximate surface area is 160 Å². The number of halogens is 2. The summed E-state index contributed by atoms with van der Waals surface area (Å²) in [5.74, 6) is -0.197. The number of carbonyl (C=O) groups is 1. The summed E-state index contributed by atoms with van der Waals surface area (Å²) < 4.78 is 27.3. The number of nitrogens with one attached hydrogen (secondary N) is 1. The number of pyridine rings is 1. The predicted octanol–water partition coefficient (Wildman–Crippen LogP) is 3.78. The summed E-state index contributed by atoms with van der Waals surface area (Å²) in [4.78, 5) is 16.5. The van der Waals surface area contributed by atoms with Crippen LogP contribution in [0.15, 0.2) is 45.9 Å². The molecule has 1 aromatic carbocycles. The van der Waals surface area contributed by atoms with Crippen molar-refractivity contribution in [1.82, 2.24) is 9.29 Å². The fourth-order valence-electron chi connectivity index (χ4n) is 2.18. The number of anilines is 1. The van der Waals surface area contributed by atoms with Gasteiger partial charge in [-0.1, -0.05) is 25.4 Å². The van der Waals surface area contributed by atoms with Crippen molar-refractivity contribution < 1.29 is 13.2 Å². The molecule has 25 heavy (non-hydrogen) atoms. The van der Waals surface area contributed by atoms with E-state index in [4.69, 9.17) is 11.6 Å². The fraction of sp³-hybridized carbons (Fsp3) is 0.250. The van der Waals surface area contributed by atoms with Crippen molar-refractivity contribution >= 4 is 49.3 Å². The van der Waals surface area contributed by atoms with Crippen LogP contribution >= 0.6 is 27.5 Å². The molecule has 134 valence electrons. The zero-order valence-electron chi connectivity index (χ0n) is 13.7. The quantitative estimate of drug-likeness (QED) is 0.732. The molecule has 1 amide bonds. The van der Waals surface area contributed by atoms with Crippen molar-refractivity contribution in [2.75, 3.05) is 18.4 Å². The molecule has 0 unspecified atom stereocenters. The largest absolute Gasteiger partial charge is 0.307 e. The van der Waals surface area contributed by atoms with Gasteiger partial charge in [0.1, 0.15) is 5.82 Å². The van der Waals surface area contributed by atoms with E-state index < -0.39 is 15.9 Å². The summed E-state index contributed by atoms with van der Waals surface area (Å²) in [5, 5.41) is 2.76. The first-order valence-corrected chi connectivity index (χ1v) is 10.1. The van der Waals surface area contributed by atoms with Gasteiger partial charge in [-0.15, -0.1) is 0 Å². The third-order valence-electron chi connectivity index (χ3n) is 3.49. The van der Waals surface area contributed by atoms with Gasteiger partial charge in [0.05, 0.1) is 15.5 Å². The molecule has 0 aliphatic carbocycles. The summed E-state index contributed by atoms with van der Waals surface area (Å²) in [6.07, 6.45) is 1.54. The Hall–Kier alpha value is -1.48. The zero-order valence-corrected chi connectivity index (χ0v) is 16.8. The second-order valence-corrected chi connectivity index (χ2v) is 8.31. The van der Waals surface area contributed by atoms with Gasteiger partial charge in [0.2, 0.25) is 10.0 Å². The van der Waals surface area contributed by atoms with Crippen LogP contribution in [0, 0.1) is 0 Å². The average Bonchev–Trinajstić information content (AvgIpc) is 2.58. The Morgan fingerprint density at radius 2 is 1.92 bits per heavy atom. The Balaban J connectivity index is 2.35. The minimum absolute atomic E-state index is 0.0227. The molecule has 0 bridgehead atoms. The number of nitrogens with zero attached hydrogens (tertiary/aromatic N) is 2. The van der Waals surface area contributed by atoms with Crippen molar-refractivity contribution in [3.63, 3.8) is 0 Å². The summed E-state index contributed by atoms with van der Waals surface area (Å²) in [6, 6.07) is 7.43. The molecule has 0 radical (unpaired) electrons. The molecule has 0 aliphatic heterocycles. The van der Waals surface area contributed by atoms with Gasteiger partial charge >= 0.3 is 0 Å². The predicted molar refractivity (Wildman–Crippen MR) is 101 cm³/mol. The first-order chi connectivity index (χ1) is 11.8. The van der Waals surface area contributed by atoms with Gasteiger partial charge in [-0.2, -0.15) is 4.31 Å². The van der Waals surface area contributed by atoms with Crippen molar-refractivity contribution in [3.8, 4) is 0 Å². The highest BCUT2D eigenvalue weighted by Crippen LogP contribution is 2.24. The number of sulfonamides is 1. The van der Waals surface area contributed by atoms with Crippen molar-refractivity contribution in [2.45, 2.75) is 18.7 Å². The van der Waals surface area contributed by atoms with Crippen LogP contribution in [0.5, 0.6) is 0 Å². The third kappa shape index (κ3) is 4.58. The van der Waals surface area contributed by atoms with Gasteiger partial charge in [0.25, 0.3) is 5.91 Å². The van der Waals surface area contributed by atoms with E-state index >= 15 is 0 Å². The Morgan fingerprint density at radius 3 is 2.48 bits per heavy atom. The molecule has 6 nitrogen and oxygen atoms in total. The lowest BCUT2D eigenvalue weighted by Gasteiger charge is -2.19. The van der Waals surface area contributed by atoms with Crippen LogP contribution in [0.2, 0.25) is 5.02 Å². The highest BCUT2D eigenvalue weighted by molar-refractivity contribution is 9.10. The SMILES string of the molecule is CCN(CC)S(=O)(=O)c1ccc(Cl)c(C(=O)Nc2ccc(Br)cn2)c1. The molecule has 1 heterocycles. The van der Waals surface area contributed by atoms with Gasteiger partial charge < -0.3 is 5.32 Å². The van der Waals surface area contributed by atoms with Crippen LogP contribution in [-0.4, -0.2) is 36.7 Å². The number of carbonyl (C=O) groups excluding carboxylic acids is 1. The molecule has 0 spiro atoms. The first-order valence-electron chi connectivity index (χ1n) is 7.52. The number of hydrogen-bond acceptors (Lipinski definition) is 4. The molecule has 0 saturated carbocycles. The van der Waals surface area contributed by atoms with E-state index in [1.807, 2.05) is 0 Å². The minimum Gasteiger partial charge on any atom is -0.307 e. The lowest BCUT2D eigenvalue weighted by atomic mass is 10.2. The standard InChI is InChI=1S/C16H17BrClN3O3S/c1-3-21(4-2)25(23,24)12-6-7-14(18)13(9-12)16(22)20-15-8-5-11(17)10-19-15/h5-10H,3-4H2,1-2H3,(H,19,20,22). The van der Waals surface area contributed by atoms with Gasteiger partial charge in [0, 0.05) is 23.8 Å². The van der Waals surface area contributed by atoms with Crippen molar-refractivity contribution in [3.05, 3.63) is 51.6 Å². The van der Waals surface area contributed by atoms with Crippen LogP contribution in [0.1, 0.15) is 24.2 Å². The molecule has 0 aliphatic rings. The molecular weight excluding hydrogens is 430 g/mol. The van der Waals surface area contributed by atoms with E-state index in [-0.39, 0.29) is 15.5 Å². The Morgan fingerprint density at radius 1 is 1.24 bits per heavy atom. The van der Waals surface area contributed by atoms with Gasteiger partial charge in [0.15, 0.2) is 0 Å². The number of amides is 1. The highest BCUT2D eigenvalue weighted by atomic mass is 79.9. The normalized spacial score (nSPS) is 11.6. The lowest BCUT2D eigenvalue weighted by Crippen LogP contribution is -2.30. The maximum Gasteiger partial charge on any atom is 0.258 e. The number of aromatic nitrogens is 1. The molecule has 1 aromatic heterocycles. The summed E-state index contributed by atoms with van der Waals surface area (Å²) >= 11 is 9.34. The summed E-state index contributed by atoms with van der Waals surface area (Å²) in [6.45, 7) is 4.19. The van der Waals surface area contributed by atoms with Crippen LogP contribution in [0.4, 0.5) is 5.82 Å². The van der Waals surface area contributed by atoms with E-state index in [9.17, 15) is 13.2 Å². The van der Waals surface area contributed by atoms with Crippen LogP contribution in [0.25, 0.3) is 0 Å². The maximum atomic E-state index is 12.6. The van der Waals surface area contributed by atoms with E-state index in [0.29, 0.717) is 18.9 Å². The summed E-state index contributed by atoms with van der Waals surface area (Å²) in [7, 11) is -3.68. The number of hydrogen-bond donors (Lipinski definition) is 1. The average molecular weight is 447 g/mol. The second-order valence-electron chi connectivity index (χ2n) is 5.05. The van der Waals surface area contributed by atoms with E-state index in [1.54, 1.807) is 32.2 Å². The van der Waals surface area contributed by atoms with Crippen LogP contribution < -0.4 is 5.32 Å². The van der Waals surface area contributed by atoms with Gasteiger partial charge in [-0.05, 0) is 46.3 Å². The fourth-order valence-corrected chi connectivity index (χ4v) is 4.11. The second kappa shape index (κ2) is 8.27. The molecule has 9 heteroatoms. The Kier molecular flexibility index (Phi) is 6.56. The smallest absolute Gasteiger partial charge is 0.258 e. The highest BCUT2D eigenvalue weighted by Gasteiger charge is 2.24. The van der Waals surface area contributed by atoms with Crippen molar-refractivity contribution in [2.24, 2.45) is 0 Å². The van der Waals surface area contributed by atoms with Crippen LogP contribution in [0.3, 0.4) is 0 Å². The Bertz CT molecular complexity index is 869. The first kappa shape index (κ1) is 19.8.